The normalized spacial score (nSPS) is 29.4. The number of carbonyl (C=O) groups is 1. The van der Waals surface area contributed by atoms with Crippen molar-refractivity contribution in [2.45, 2.75) is 38.6 Å². The molecule has 2 aliphatic carbocycles. The Morgan fingerprint density at radius 1 is 1.25 bits per heavy atom. The maximum Gasteiger partial charge on any atom is 0.251 e. The Morgan fingerprint density at radius 3 is 2.65 bits per heavy atom. The second-order valence-corrected chi connectivity index (χ2v) is 7.04. The Balaban J connectivity index is 1.65. The van der Waals surface area contributed by atoms with Crippen LogP contribution in [0.4, 0.5) is 0 Å². The van der Waals surface area contributed by atoms with Gasteiger partial charge in [-0.3, -0.25) is 4.79 Å². The third-order valence-electron chi connectivity index (χ3n) is 4.98. The summed E-state index contributed by atoms with van der Waals surface area (Å²) in [6.07, 6.45) is 5.35. The van der Waals surface area contributed by atoms with E-state index < -0.39 is 0 Å². The molecule has 0 heterocycles. The SMILES string of the molecule is C[C@@H](NC(=O)c1ccc(Cl)c(Cl)c1)[C@@H]1C[C@@H]2CC[C@@H]1C2. The summed E-state index contributed by atoms with van der Waals surface area (Å²) in [6, 6.07) is 5.25. The van der Waals surface area contributed by atoms with Crippen LogP contribution >= 0.6 is 23.2 Å². The molecule has 0 saturated heterocycles. The van der Waals surface area contributed by atoms with Gasteiger partial charge in [-0.15, -0.1) is 0 Å². The van der Waals surface area contributed by atoms with Gasteiger partial charge in [-0.2, -0.15) is 0 Å². The number of rotatable bonds is 3. The van der Waals surface area contributed by atoms with Gasteiger partial charge in [0.25, 0.3) is 5.91 Å². The van der Waals surface area contributed by atoms with E-state index in [1.54, 1.807) is 18.2 Å². The first-order valence-electron chi connectivity index (χ1n) is 7.30. The molecule has 108 valence electrons. The van der Waals surface area contributed by atoms with Crippen LogP contribution in [0.1, 0.15) is 43.0 Å². The summed E-state index contributed by atoms with van der Waals surface area (Å²) in [5, 5.41) is 4.03. The summed E-state index contributed by atoms with van der Waals surface area (Å²) in [6.45, 7) is 2.13. The van der Waals surface area contributed by atoms with Crippen LogP contribution in [0.5, 0.6) is 0 Å². The van der Waals surface area contributed by atoms with Crippen molar-refractivity contribution < 1.29 is 4.79 Å². The van der Waals surface area contributed by atoms with E-state index in [4.69, 9.17) is 23.2 Å². The van der Waals surface area contributed by atoms with Crippen LogP contribution in [-0.2, 0) is 0 Å². The Morgan fingerprint density at radius 2 is 2.05 bits per heavy atom. The van der Waals surface area contributed by atoms with Crippen LogP contribution in [0, 0.1) is 17.8 Å². The molecule has 2 nitrogen and oxygen atoms in total. The minimum Gasteiger partial charge on any atom is -0.349 e. The van der Waals surface area contributed by atoms with Gasteiger partial charge in [-0.25, -0.2) is 0 Å². The molecule has 4 atom stereocenters. The first-order chi connectivity index (χ1) is 9.54. The molecule has 1 aromatic rings. The first-order valence-corrected chi connectivity index (χ1v) is 8.06. The molecule has 0 aromatic heterocycles. The van der Waals surface area contributed by atoms with Crippen molar-refractivity contribution in [1.82, 2.24) is 5.32 Å². The molecule has 1 N–H and O–H groups in total. The average Bonchev–Trinajstić information content (AvgIpc) is 3.04. The van der Waals surface area contributed by atoms with E-state index >= 15 is 0 Å². The predicted molar refractivity (Wildman–Crippen MR) is 82.3 cm³/mol. The van der Waals surface area contributed by atoms with Gasteiger partial charge in [0.2, 0.25) is 0 Å². The third-order valence-corrected chi connectivity index (χ3v) is 5.71. The van der Waals surface area contributed by atoms with Gasteiger partial charge in [-0.1, -0.05) is 29.6 Å². The fourth-order valence-electron chi connectivity index (χ4n) is 3.94. The topological polar surface area (TPSA) is 29.1 Å². The molecule has 3 rings (SSSR count). The molecule has 2 fully saturated rings. The second-order valence-electron chi connectivity index (χ2n) is 6.23. The summed E-state index contributed by atoms with van der Waals surface area (Å²) in [5.74, 6) is 2.29. The van der Waals surface area contributed by atoms with Gasteiger partial charge in [0, 0.05) is 11.6 Å². The van der Waals surface area contributed by atoms with Gasteiger partial charge < -0.3 is 5.32 Å². The van der Waals surface area contributed by atoms with E-state index in [1.165, 1.54) is 25.7 Å². The number of nitrogens with one attached hydrogen (secondary N) is 1. The maximum atomic E-state index is 12.3. The molecule has 0 spiro atoms. The van der Waals surface area contributed by atoms with E-state index in [-0.39, 0.29) is 11.9 Å². The summed E-state index contributed by atoms with van der Waals surface area (Å²) in [7, 11) is 0. The number of halogens is 2. The minimum absolute atomic E-state index is 0.0566. The van der Waals surface area contributed by atoms with Crippen molar-refractivity contribution in [2.75, 3.05) is 0 Å². The lowest BCUT2D eigenvalue weighted by atomic mass is 9.84. The predicted octanol–water partition coefficient (Wildman–Crippen LogP) is 4.55. The van der Waals surface area contributed by atoms with Gasteiger partial charge in [0.15, 0.2) is 0 Å². The summed E-state index contributed by atoms with van der Waals surface area (Å²) in [5.41, 5.74) is 0.578. The van der Waals surface area contributed by atoms with Gasteiger partial charge >= 0.3 is 0 Å². The van der Waals surface area contributed by atoms with E-state index in [1.807, 2.05) is 0 Å². The number of fused-ring (bicyclic) bond motifs is 2. The number of carbonyl (C=O) groups excluding carboxylic acids is 1. The van der Waals surface area contributed by atoms with Crippen LogP contribution in [0.3, 0.4) is 0 Å². The molecule has 0 unspecified atom stereocenters. The standard InChI is InChI=1S/C16H19Cl2NO/c1-9(13-7-10-2-3-11(13)6-10)19-16(20)12-4-5-14(17)15(18)8-12/h4-5,8-11,13H,2-3,6-7H2,1H3,(H,19,20)/t9-,10-,11-,13+/m1/s1. The molecule has 0 radical (unpaired) electrons. The maximum absolute atomic E-state index is 12.3. The Bertz CT molecular complexity index is 531. The van der Waals surface area contributed by atoms with Crippen LogP contribution in [-0.4, -0.2) is 11.9 Å². The summed E-state index contributed by atoms with van der Waals surface area (Å²) < 4.78 is 0. The molecule has 0 aliphatic heterocycles. The van der Waals surface area contributed by atoms with Crippen molar-refractivity contribution in [2.24, 2.45) is 17.8 Å². The zero-order chi connectivity index (χ0) is 14.3. The molecule has 2 aliphatic rings. The Kier molecular flexibility index (Phi) is 3.96. The molecule has 4 heteroatoms. The average molecular weight is 312 g/mol. The van der Waals surface area contributed by atoms with Crippen molar-refractivity contribution in [1.29, 1.82) is 0 Å². The minimum atomic E-state index is -0.0566. The highest BCUT2D eigenvalue weighted by molar-refractivity contribution is 6.42. The van der Waals surface area contributed by atoms with Gasteiger partial charge in [-0.05, 0) is 62.1 Å². The van der Waals surface area contributed by atoms with Crippen LogP contribution in [0.15, 0.2) is 18.2 Å². The zero-order valence-corrected chi connectivity index (χ0v) is 13.0. The number of hydrogen-bond donors (Lipinski definition) is 1. The fourth-order valence-corrected chi connectivity index (χ4v) is 4.24. The second kappa shape index (κ2) is 5.57. The van der Waals surface area contributed by atoms with Crippen molar-refractivity contribution in [3.05, 3.63) is 33.8 Å². The molecule has 2 bridgehead atoms. The van der Waals surface area contributed by atoms with Crippen LogP contribution < -0.4 is 5.32 Å². The summed E-state index contributed by atoms with van der Waals surface area (Å²) in [4.78, 5) is 12.3. The highest BCUT2D eigenvalue weighted by Gasteiger charge is 2.42. The van der Waals surface area contributed by atoms with E-state index in [2.05, 4.69) is 12.2 Å². The number of benzene rings is 1. The lowest BCUT2D eigenvalue weighted by molar-refractivity contribution is 0.0915. The number of amides is 1. The zero-order valence-electron chi connectivity index (χ0n) is 11.5. The molecule has 1 aromatic carbocycles. The fraction of sp³-hybridized carbons (Fsp3) is 0.562. The molecular weight excluding hydrogens is 293 g/mol. The quantitative estimate of drug-likeness (QED) is 0.872. The van der Waals surface area contributed by atoms with Gasteiger partial charge in [0.05, 0.1) is 10.0 Å². The van der Waals surface area contributed by atoms with Crippen LogP contribution in [0.25, 0.3) is 0 Å². The van der Waals surface area contributed by atoms with E-state index in [0.29, 0.717) is 21.5 Å². The third kappa shape index (κ3) is 2.68. The molecule has 20 heavy (non-hydrogen) atoms. The van der Waals surface area contributed by atoms with E-state index in [0.717, 1.165) is 11.8 Å². The Hall–Kier alpha value is -0.730. The molecule has 1 amide bonds. The number of hydrogen-bond acceptors (Lipinski definition) is 1. The monoisotopic (exact) mass is 311 g/mol. The van der Waals surface area contributed by atoms with Crippen LogP contribution in [0.2, 0.25) is 10.0 Å². The molecule has 2 saturated carbocycles. The largest absolute Gasteiger partial charge is 0.349 e. The van der Waals surface area contributed by atoms with Crippen molar-refractivity contribution >= 4 is 29.1 Å². The summed E-state index contributed by atoms with van der Waals surface area (Å²) >= 11 is 11.8. The van der Waals surface area contributed by atoms with Crippen molar-refractivity contribution in [3.63, 3.8) is 0 Å². The lowest BCUT2D eigenvalue weighted by Crippen LogP contribution is -2.40. The highest BCUT2D eigenvalue weighted by atomic mass is 35.5. The smallest absolute Gasteiger partial charge is 0.251 e. The molecular formula is C16H19Cl2NO. The highest BCUT2D eigenvalue weighted by Crippen LogP contribution is 2.49. The first kappa shape index (κ1) is 14.2. The van der Waals surface area contributed by atoms with E-state index in [9.17, 15) is 4.79 Å². The van der Waals surface area contributed by atoms with Gasteiger partial charge in [0.1, 0.15) is 0 Å². The lowest BCUT2D eigenvalue weighted by Gasteiger charge is -2.28. The Labute approximate surface area is 129 Å². The van der Waals surface area contributed by atoms with Crippen molar-refractivity contribution in [3.8, 4) is 0 Å².